The third-order valence-electron chi connectivity index (χ3n) is 5.72. The zero-order valence-electron chi connectivity index (χ0n) is 17.6. The summed E-state index contributed by atoms with van der Waals surface area (Å²) in [6.45, 7) is 3.69. The number of nitrogen functional groups attached to an aromatic ring is 1. The molecule has 5 rings (SSSR count). The van der Waals surface area contributed by atoms with Crippen LogP contribution in [0.1, 0.15) is 16.8 Å². The summed E-state index contributed by atoms with van der Waals surface area (Å²) in [5.41, 5.74) is 11.1. The summed E-state index contributed by atoms with van der Waals surface area (Å²) in [5.74, 6) is 0.297. The maximum Gasteiger partial charge on any atom is 0.128 e. The number of halogens is 1. The Bertz CT molecular complexity index is 1280. The van der Waals surface area contributed by atoms with Gasteiger partial charge in [0.15, 0.2) is 0 Å². The smallest absolute Gasteiger partial charge is 0.128 e. The molecule has 0 unspecified atom stereocenters. The number of hydrogen-bond acceptors (Lipinski definition) is 5. The van der Waals surface area contributed by atoms with Crippen LogP contribution in [-0.2, 0) is 11.3 Å². The van der Waals surface area contributed by atoms with Crippen LogP contribution in [0.2, 0.25) is 0 Å². The molecule has 0 saturated carbocycles. The third kappa shape index (κ3) is 4.39. The molecule has 4 aromatic rings. The van der Waals surface area contributed by atoms with Crippen molar-refractivity contribution < 1.29 is 9.13 Å². The fraction of sp³-hybridized carbons (Fsp3) is 0.200. The van der Waals surface area contributed by atoms with Crippen LogP contribution in [0, 0.1) is 5.82 Å². The normalized spacial score (nSPS) is 15.0. The molecule has 0 amide bonds. The van der Waals surface area contributed by atoms with Crippen molar-refractivity contribution in [1.82, 2.24) is 20.1 Å². The second kappa shape index (κ2) is 8.90. The molecule has 1 aliphatic rings. The topological polar surface area (TPSA) is 80.1 Å². The van der Waals surface area contributed by atoms with Gasteiger partial charge in [-0.05, 0) is 53.1 Å². The number of aromatic nitrogens is 3. The van der Waals surface area contributed by atoms with Crippen LogP contribution in [0.4, 0.5) is 10.2 Å². The highest BCUT2D eigenvalue weighted by atomic mass is 19.1. The zero-order valence-corrected chi connectivity index (χ0v) is 17.6. The quantitative estimate of drug-likeness (QED) is 0.493. The minimum Gasteiger partial charge on any atom is -0.384 e. The number of morpholine rings is 1. The molecule has 3 N–H and O–H groups in total. The van der Waals surface area contributed by atoms with Crippen molar-refractivity contribution in [2.24, 2.45) is 0 Å². The van der Waals surface area contributed by atoms with Crippen LogP contribution in [0.15, 0.2) is 54.7 Å². The van der Waals surface area contributed by atoms with Gasteiger partial charge in [-0.3, -0.25) is 10.00 Å². The molecule has 6 nitrogen and oxygen atoms in total. The van der Waals surface area contributed by atoms with E-state index in [0.717, 1.165) is 46.4 Å². The van der Waals surface area contributed by atoms with Gasteiger partial charge >= 0.3 is 0 Å². The summed E-state index contributed by atoms with van der Waals surface area (Å²) in [5, 5.41) is 8.49. The summed E-state index contributed by atoms with van der Waals surface area (Å²) in [4.78, 5) is 6.25. The fourth-order valence-electron chi connectivity index (χ4n) is 3.95. The minimum absolute atomic E-state index is 0.188. The number of nitrogens with two attached hydrogens (primary N) is 1. The second-order valence-corrected chi connectivity index (χ2v) is 7.91. The average molecular weight is 429 g/mol. The molecule has 0 atom stereocenters. The van der Waals surface area contributed by atoms with Gasteiger partial charge in [-0.1, -0.05) is 24.3 Å². The Kier molecular flexibility index (Phi) is 5.66. The molecular weight excluding hydrogens is 405 g/mol. The largest absolute Gasteiger partial charge is 0.384 e. The molecule has 1 fully saturated rings. The Balaban J connectivity index is 1.33. The Morgan fingerprint density at radius 2 is 1.88 bits per heavy atom. The van der Waals surface area contributed by atoms with Crippen LogP contribution in [0.25, 0.3) is 34.2 Å². The first kappa shape index (κ1) is 20.4. The molecule has 32 heavy (non-hydrogen) atoms. The summed E-state index contributed by atoms with van der Waals surface area (Å²) in [6, 6.07) is 15.2. The number of H-pyrrole nitrogens is 1. The predicted molar refractivity (Wildman–Crippen MR) is 125 cm³/mol. The summed E-state index contributed by atoms with van der Waals surface area (Å²) in [6.07, 6.45) is 5.48. The first-order valence-corrected chi connectivity index (χ1v) is 10.6. The van der Waals surface area contributed by atoms with Gasteiger partial charge in [0, 0.05) is 36.8 Å². The summed E-state index contributed by atoms with van der Waals surface area (Å²) < 4.78 is 20.0. The van der Waals surface area contributed by atoms with Gasteiger partial charge in [0.2, 0.25) is 0 Å². The SMILES string of the molecule is Nc1cc(-c2ccc3c(C=Cc4ccc(CN5CCOCC5)c(F)c4)n[nH]c3c2)ccn1. The maximum absolute atomic E-state index is 14.6. The van der Waals surface area contributed by atoms with Crippen LogP contribution >= 0.6 is 0 Å². The molecule has 0 bridgehead atoms. The van der Waals surface area contributed by atoms with Crippen molar-refractivity contribution >= 4 is 28.9 Å². The molecule has 3 heterocycles. The first-order valence-electron chi connectivity index (χ1n) is 10.6. The van der Waals surface area contributed by atoms with Gasteiger partial charge in [-0.2, -0.15) is 5.10 Å². The maximum atomic E-state index is 14.6. The number of anilines is 1. The number of nitrogens with one attached hydrogen (secondary N) is 1. The van der Waals surface area contributed by atoms with E-state index in [1.807, 2.05) is 54.6 Å². The molecule has 7 heteroatoms. The van der Waals surface area contributed by atoms with Crippen LogP contribution in [-0.4, -0.2) is 46.4 Å². The van der Waals surface area contributed by atoms with Crippen molar-refractivity contribution in [3.8, 4) is 11.1 Å². The highest BCUT2D eigenvalue weighted by Crippen LogP contribution is 2.26. The van der Waals surface area contributed by atoms with E-state index in [-0.39, 0.29) is 5.82 Å². The van der Waals surface area contributed by atoms with Gasteiger partial charge < -0.3 is 10.5 Å². The minimum atomic E-state index is -0.188. The van der Waals surface area contributed by atoms with E-state index >= 15 is 0 Å². The Morgan fingerprint density at radius 3 is 2.69 bits per heavy atom. The molecule has 1 aliphatic heterocycles. The van der Waals surface area contributed by atoms with Crippen molar-refractivity contribution in [3.63, 3.8) is 0 Å². The lowest BCUT2D eigenvalue weighted by atomic mass is 10.0. The van der Waals surface area contributed by atoms with Crippen molar-refractivity contribution in [1.29, 1.82) is 0 Å². The van der Waals surface area contributed by atoms with E-state index in [2.05, 4.69) is 20.1 Å². The van der Waals surface area contributed by atoms with E-state index in [1.54, 1.807) is 12.3 Å². The van der Waals surface area contributed by atoms with Crippen LogP contribution < -0.4 is 5.73 Å². The lowest BCUT2D eigenvalue weighted by Gasteiger charge is -2.26. The molecule has 2 aromatic heterocycles. The lowest BCUT2D eigenvalue weighted by Crippen LogP contribution is -2.35. The predicted octanol–water partition coefficient (Wildman–Crippen LogP) is 4.35. The van der Waals surface area contributed by atoms with Crippen molar-refractivity contribution in [2.75, 3.05) is 32.0 Å². The number of pyridine rings is 1. The number of aromatic amines is 1. The number of fused-ring (bicyclic) bond motifs is 1. The standard InChI is InChI=1S/C25H24FN5O/c26-22-13-17(1-3-20(22)16-31-9-11-32-12-10-31)2-6-23-21-5-4-18(14-24(21)30-29-23)19-7-8-28-25(27)15-19/h1-8,13-15H,9-12,16H2,(H2,27,28)(H,29,30). The van der Waals surface area contributed by atoms with Crippen LogP contribution in [0.3, 0.4) is 0 Å². The number of rotatable bonds is 5. The van der Waals surface area contributed by atoms with E-state index in [9.17, 15) is 4.39 Å². The van der Waals surface area contributed by atoms with E-state index in [0.29, 0.717) is 31.1 Å². The average Bonchev–Trinajstić information content (AvgIpc) is 3.22. The molecule has 2 aromatic carbocycles. The van der Waals surface area contributed by atoms with Gasteiger partial charge in [0.25, 0.3) is 0 Å². The highest BCUT2D eigenvalue weighted by Gasteiger charge is 2.13. The molecule has 162 valence electrons. The fourth-order valence-corrected chi connectivity index (χ4v) is 3.95. The van der Waals surface area contributed by atoms with Crippen molar-refractivity contribution in [2.45, 2.75) is 6.54 Å². The number of benzene rings is 2. The van der Waals surface area contributed by atoms with E-state index in [4.69, 9.17) is 10.5 Å². The summed E-state index contributed by atoms with van der Waals surface area (Å²) in [7, 11) is 0. The second-order valence-electron chi connectivity index (χ2n) is 7.91. The van der Waals surface area contributed by atoms with Gasteiger partial charge in [-0.15, -0.1) is 0 Å². The first-order chi connectivity index (χ1) is 15.7. The monoisotopic (exact) mass is 429 g/mol. The van der Waals surface area contributed by atoms with Gasteiger partial charge in [0.05, 0.1) is 24.4 Å². The highest BCUT2D eigenvalue weighted by molar-refractivity contribution is 5.92. The third-order valence-corrected chi connectivity index (χ3v) is 5.72. The Hall–Kier alpha value is -3.55. The Labute approximate surface area is 185 Å². The molecule has 0 radical (unpaired) electrons. The van der Waals surface area contributed by atoms with Crippen molar-refractivity contribution in [3.05, 3.63) is 77.4 Å². The van der Waals surface area contributed by atoms with Crippen LogP contribution in [0.5, 0.6) is 0 Å². The molecular formula is C25H24FN5O. The molecule has 0 aliphatic carbocycles. The van der Waals surface area contributed by atoms with Gasteiger partial charge in [0.1, 0.15) is 11.6 Å². The molecule has 0 spiro atoms. The lowest BCUT2D eigenvalue weighted by molar-refractivity contribution is 0.0337. The Morgan fingerprint density at radius 1 is 1.03 bits per heavy atom. The van der Waals surface area contributed by atoms with E-state index < -0.39 is 0 Å². The molecule has 1 saturated heterocycles. The number of hydrogen-bond donors (Lipinski definition) is 2. The number of nitrogens with zero attached hydrogens (tertiary/aromatic N) is 3. The summed E-state index contributed by atoms with van der Waals surface area (Å²) >= 11 is 0. The zero-order chi connectivity index (χ0) is 21.9. The van der Waals surface area contributed by atoms with E-state index in [1.165, 1.54) is 0 Å². The van der Waals surface area contributed by atoms with Gasteiger partial charge in [-0.25, -0.2) is 9.37 Å². The number of ether oxygens (including phenoxy) is 1.